The van der Waals surface area contributed by atoms with Crippen LogP contribution in [-0.4, -0.2) is 57.7 Å². The summed E-state index contributed by atoms with van der Waals surface area (Å²) in [7, 11) is 0. The highest BCUT2D eigenvalue weighted by molar-refractivity contribution is 6.32. The first-order valence-corrected chi connectivity index (χ1v) is 21.5. The molecule has 10 nitrogen and oxygen atoms in total. The molecule has 62 heavy (non-hydrogen) atoms. The zero-order chi connectivity index (χ0) is 43.3. The normalized spacial score (nSPS) is 11.1. The van der Waals surface area contributed by atoms with E-state index in [1.807, 2.05) is 115 Å². The Hall–Kier alpha value is -6.36. The number of halogens is 2. The topological polar surface area (TPSA) is 121 Å². The van der Waals surface area contributed by atoms with Gasteiger partial charge in [-0.05, 0) is 92.4 Å². The number of benzene rings is 6. The zero-order valence-corrected chi connectivity index (χ0v) is 35.7. The summed E-state index contributed by atoms with van der Waals surface area (Å²) >= 11 is 12.0. The van der Waals surface area contributed by atoms with Crippen molar-refractivity contribution in [3.8, 4) is 23.0 Å². The van der Waals surface area contributed by atoms with Crippen molar-refractivity contribution in [3.63, 3.8) is 0 Å². The molecule has 0 amide bonds. The van der Waals surface area contributed by atoms with Crippen molar-refractivity contribution >= 4 is 78.8 Å². The van der Waals surface area contributed by atoms with Crippen LogP contribution in [0.4, 0.5) is 0 Å². The van der Waals surface area contributed by atoms with Gasteiger partial charge in [-0.2, -0.15) is 0 Å². The standard InChI is InChI=1S/2C25H24ClNO4/c26-21-8-2-4-10-24(21)31-16-6-5-15-30-18-11-12-20-19-7-1-3-9-22(19)27(23(20)17-18)14-13-25(28)29;26-18-6-5-7-19(16-18)30-14-3-4-15-31-20-10-11-22-21-8-1-2-9-23(21)27(24(22)17-20)13-12-25(28)29/h1-4,7-12,17H,5-6,13-16H2,(H,28,29);1-2,5-11,16-17H,3-4,12-15H2,(H,28,29). The first-order valence-electron chi connectivity index (χ1n) is 20.7. The van der Waals surface area contributed by atoms with Gasteiger partial charge in [0.25, 0.3) is 0 Å². The van der Waals surface area contributed by atoms with Crippen LogP contribution in [0.25, 0.3) is 43.6 Å². The number of unbranched alkanes of at least 4 members (excludes halogenated alkanes) is 2. The predicted molar refractivity (Wildman–Crippen MR) is 247 cm³/mol. The molecule has 0 aliphatic heterocycles. The fourth-order valence-corrected chi connectivity index (χ4v) is 7.78. The fraction of sp³-hybridized carbons (Fsp3) is 0.240. The Morgan fingerprint density at radius 2 is 0.887 bits per heavy atom. The fourth-order valence-electron chi connectivity index (χ4n) is 7.41. The molecule has 2 N–H and O–H groups in total. The lowest BCUT2D eigenvalue weighted by atomic mass is 10.1. The van der Waals surface area contributed by atoms with Crippen LogP contribution in [0.1, 0.15) is 38.5 Å². The second-order valence-electron chi connectivity index (χ2n) is 14.7. The van der Waals surface area contributed by atoms with Gasteiger partial charge in [0.05, 0.1) is 55.3 Å². The third-order valence-corrected chi connectivity index (χ3v) is 10.9. The monoisotopic (exact) mass is 874 g/mol. The molecule has 0 spiro atoms. The quantitative estimate of drug-likeness (QED) is 0.0726. The Morgan fingerprint density at radius 3 is 1.37 bits per heavy atom. The van der Waals surface area contributed by atoms with Crippen LogP contribution in [0, 0.1) is 0 Å². The molecule has 12 heteroatoms. The van der Waals surface area contributed by atoms with Gasteiger partial charge in [-0.25, -0.2) is 0 Å². The maximum absolute atomic E-state index is 11.1. The van der Waals surface area contributed by atoms with Crippen LogP contribution in [-0.2, 0) is 22.7 Å². The van der Waals surface area contributed by atoms with E-state index in [-0.39, 0.29) is 12.8 Å². The molecule has 0 atom stereocenters. The van der Waals surface area contributed by atoms with Gasteiger partial charge >= 0.3 is 11.9 Å². The highest BCUT2D eigenvalue weighted by Gasteiger charge is 2.14. The summed E-state index contributed by atoms with van der Waals surface area (Å²) in [6.45, 7) is 3.18. The summed E-state index contributed by atoms with van der Waals surface area (Å²) in [6, 6.07) is 43.0. The van der Waals surface area contributed by atoms with Crippen molar-refractivity contribution in [3.05, 3.63) is 144 Å². The van der Waals surface area contributed by atoms with Crippen molar-refractivity contribution < 1.29 is 38.7 Å². The van der Waals surface area contributed by atoms with E-state index in [1.54, 1.807) is 6.07 Å². The van der Waals surface area contributed by atoms with Gasteiger partial charge in [-0.15, -0.1) is 0 Å². The number of rotatable bonds is 20. The number of hydrogen-bond donors (Lipinski definition) is 2. The van der Waals surface area contributed by atoms with E-state index >= 15 is 0 Å². The highest BCUT2D eigenvalue weighted by atomic mass is 35.5. The zero-order valence-electron chi connectivity index (χ0n) is 34.2. The minimum absolute atomic E-state index is 0.0737. The molecule has 2 heterocycles. The molecular weight excluding hydrogens is 827 g/mol. The number of aliphatic carboxylic acids is 2. The average Bonchev–Trinajstić information content (AvgIpc) is 3.76. The summed E-state index contributed by atoms with van der Waals surface area (Å²) in [6.07, 6.45) is 3.58. The molecule has 0 aliphatic rings. The maximum Gasteiger partial charge on any atom is 0.305 e. The molecule has 0 saturated heterocycles. The summed E-state index contributed by atoms with van der Waals surface area (Å²) < 4.78 is 27.4. The lowest BCUT2D eigenvalue weighted by molar-refractivity contribution is -0.138. The Balaban J connectivity index is 0.000000186. The van der Waals surface area contributed by atoms with Gasteiger partial charge in [0, 0.05) is 62.8 Å². The molecule has 0 bridgehead atoms. The third-order valence-electron chi connectivity index (χ3n) is 10.4. The molecule has 320 valence electrons. The summed E-state index contributed by atoms with van der Waals surface area (Å²) in [5.41, 5.74) is 4.05. The molecular formula is C50H48Cl2N2O8. The maximum atomic E-state index is 11.1. The summed E-state index contributed by atoms with van der Waals surface area (Å²) in [5.74, 6) is 1.41. The number of carbonyl (C=O) groups is 2. The van der Waals surface area contributed by atoms with E-state index in [0.717, 1.165) is 86.5 Å². The van der Waals surface area contributed by atoms with Crippen LogP contribution in [0.5, 0.6) is 23.0 Å². The van der Waals surface area contributed by atoms with Gasteiger partial charge in [-0.1, -0.05) is 77.8 Å². The number of carboxylic acids is 2. The summed E-state index contributed by atoms with van der Waals surface area (Å²) in [4.78, 5) is 22.2. The van der Waals surface area contributed by atoms with Crippen LogP contribution in [0.15, 0.2) is 133 Å². The second-order valence-corrected chi connectivity index (χ2v) is 15.5. The predicted octanol–water partition coefficient (Wildman–Crippen LogP) is 12.3. The largest absolute Gasteiger partial charge is 0.494 e. The van der Waals surface area contributed by atoms with Crippen LogP contribution >= 0.6 is 23.2 Å². The molecule has 6 aromatic carbocycles. The Bertz CT molecular complexity index is 2780. The van der Waals surface area contributed by atoms with Crippen LogP contribution in [0.3, 0.4) is 0 Å². The SMILES string of the molecule is O=C(O)CCn1c2ccccc2c2ccc(OCCCCOc3cccc(Cl)c3)cc21.O=C(O)CCn1c2ccccc2c2ccc(OCCCCOc3ccccc3Cl)cc21. The van der Waals surface area contributed by atoms with Gasteiger partial charge in [-0.3, -0.25) is 9.59 Å². The van der Waals surface area contributed by atoms with E-state index in [4.69, 9.17) is 52.4 Å². The van der Waals surface area contributed by atoms with Crippen LogP contribution in [0.2, 0.25) is 10.0 Å². The molecule has 0 unspecified atom stereocenters. The highest BCUT2D eigenvalue weighted by Crippen LogP contribution is 2.33. The van der Waals surface area contributed by atoms with E-state index in [2.05, 4.69) is 21.3 Å². The number of ether oxygens (including phenoxy) is 4. The Labute approximate surface area is 369 Å². The molecule has 8 rings (SSSR count). The Kier molecular flexibility index (Phi) is 15.1. The van der Waals surface area contributed by atoms with Crippen molar-refractivity contribution in [1.29, 1.82) is 0 Å². The minimum Gasteiger partial charge on any atom is -0.494 e. The smallest absolute Gasteiger partial charge is 0.305 e. The lowest BCUT2D eigenvalue weighted by Gasteiger charge is -2.10. The number of aromatic nitrogens is 2. The number of hydrogen-bond acceptors (Lipinski definition) is 6. The van der Waals surface area contributed by atoms with Crippen LogP contribution < -0.4 is 18.9 Å². The third kappa shape index (κ3) is 11.3. The van der Waals surface area contributed by atoms with Gasteiger partial charge in [0.1, 0.15) is 23.0 Å². The number of para-hydroxylation sites is 3. The molecule has 2 aromatic heterocycles. The molecule has 0 saturated carbocycles. The van der Waals surface area contributed by atoms with Gasteiger partial charge in [0.15, 0.2) is 0 Å². The van der Waals surface area contributed by atoms with E-state index in [0.29, 0.717) is 55.3 Å². The second kappa shape index (κ2) is 21.4. The lowest BCUT2D eigenvalue weighted by Crippen LogP contribution is -2.05. The van der Waals surface area contributed by atoms with E-state index in [9.17, 15) is 9.59 Å². The summed E-state index contributed by atoms with van der Waals surface area (Å²) in [5, 5.41) is 24.0. The molecule has 0 radical (unpaired) electrons. The first kappa shape index (κ1) is 43.7. The number of aryl methyl sites for hydroxylation is 2. The molecule has 0 fully saturated rings. The number of nitrogens with zero attached hydrogens (tertiary/aromatic N) is 2. The van der Waals surface area contributed by atoms with Crippen molar-refractivity contribution in [2.75, 3.05) is 26.4 Å². The minimum atomic E-state index is -0.808. The van der Waals surface area contributed by atoms with Crippen molar-refractivity contribution in [1.82, 2.24) is 9.13 Å². The van der Waals surface area contributed by atoms with E-state index < -0.39 is 11.9 Å². The molecule has 0 aliphatic carbocycles. The van der Waals surface area contributed by atoms with Crippen molar-refractivity contribution in [2.24, 2.45) is 0 Å². The van der Waals surface area contributed by atoms with Gasteiger partial charge < -0.3 is 38.3 Å². The van der Waals surface area contributed by atoms with Gasteiger partial charge in [0.2, 0.25) is 0 Å². The van der Waals surface area contributed by atoms with E-state index in [1.165, 1.54) is 0 Å². The first-order chi connectivity index (χ1) is 30.2. The average molecular weight is 876 g/mol. The van der Waals surface area contributed by atoms with Crippen molar-refractivity contribution in [2.45, 2.75) is 51.6 Å². The number of carboxylic acid groups (broad SMARTS) is 2. The Morgan fingerprint density at radius 1 is 0.452 bits per heavy atom. The number of fused-ring (bicyclic) bond motifs is 6. The molecule has 8 aromatic rings.